The molecule has 6 heteroatoms. The molecule has 24 heavy (non-hydrogen) atoms. The average molecular weight is 348 g/mol. The summed E-state index contributed by atoms with van der Waals surface area (Å²) in [6.07, 6.45) is 2.62. The molecule has 0 aromatic heterocycles. The lowest BCUT2D eigenvalue weighted by Crippen LogP contribution is -2.42. The molecule has 3 N–H and O–H groups in total. The highest BCUT2D eigenvalue weighted by Gasteiger charge is 2.51. The van der Waals surface area contributed by atoms with Crippen molar-refractivity contribution in [2.24, 2.45) is 16.2 Å². The van der Waals surface area contributed by atoms with Crippen molar-refractivity contribution in [3.05, 3.63) is 0 Å². The van der Waals surface area contributed by atoms with Crippen molar-refractivity contribution in [2.45, 2.75) is 98.4 Å². The maximum absolute atomic E-state index is 9.59. The van der Waals surface area contributed by atoms with Gasteiger partial charge in [-0.25, -0.2) is 14.7 Å². The standard InChI is InChI=1S/C18H36O6/c1-7-16(4)10-14(23-20)18(6,9-3)12-15(24-21)17(5,8-2)11-13(16)22-19/h13-15,19-21H,7-12H2,1-6H3. The van der Waals surface area contributed by atoms with E-state index < -0.39 is 18.3 Å². The van der Waals surface area contributed by atoms with Gasteiger partial charge in [-0.3, -0.25) is 15.8 Å². The Kier molecular flexibility index (Phi) is 7.66. The SMILES string of the molecule is CCC1(C)CC(OO)C(C)(CC)CC(OO)C(C)(CC)CC1OO. The van der Waals surface area contributed by atoms with Gasteiger partial charge in [-0.05, 0) is 54.8 Å². The Labute approximate surface area is 145 Å². The van der Waals surface area contributed by atoms with Crippen LogP contribution in [-0.4, -0.2) is 34.1 Å². The molecule has 144 valence electrons. The second kappa shape index (κ2) is 8.43. The minimum absolute atomic E-state index is 0.376. The molecule has 0 aliphatic heterocycles. The fraction of sp³-hybridized carbons (Fsp3) is 1.00. The lowest BCUT2D eigenvalue weighted by Gasteiger charge is -2.41. The van der Waals surface area contributed by atoms with Gasteiger partial charge in [0.15, 0.2) is 0 Å². The Morgan fingerprint density at radius 3 is 0.958 bits per heavy atom. The molecule has 0 heterocycles. The minimum Gasteiger partial charge on any atom is -0.252 e. The van der Waals surface area contributed by atoms with Crippen molar-refractivity contribution in [1.82, 2.24) is 0 Å². The second-order valence-corrected chi connectivity index (χ2v) is 8.42. The first-order chi connectivity index (χ1) is 11.2. The van der Waals surface area contributed by atoms with Crippen molar-refractivity contribution < 1.29 is 30.4 Å². The summed E-state index contributed by atoms with van der Waals surface area (Å²) >= 11 is 0. The van der Waals surface area contributed by atoms with Crippen LogP contribution in [0.4, 0.5) is 0 Å². The van der Waals surface area contributed by atoms with Crippen LogP contribution in [0.1, 0.15) is 80.1 Å². The van der Waals surface area contributed by atoms with E-state index in [0.717, 1.165) is 19.3 Å². The summed E-state index contributed by atoms with van der Waals surface area (Å²) in [7, 11) is 0. The molecule has 1 aliphatic rings. The molecule has 1 rings (SSSR count). The van der Waals surface area contributed by atoms with Crippen LogP contribution in [0.5, 0.6) is 0 Å². The first kappa shape index (κ1) is 21.8. The summed E-state index contributed by atoms with van der Waals surface area (Å²) in [4.78, 5) is 14.7. The Hall–Kier alpha value is -0.240. The molecule has 0 amide bonds. The molecule has 6 unspecified atom stereocenters. The quantitative estimate of drug-likeness (QED) is 0.463. The highest BCUT2D eigenvalue weighted by atomic mass is 17.1. The van der Waals surface area contributed by atoms with E-state index in [0.29, 0.717) is 19.3 Å². The molecule has 0 aromatic rings. The smallest absolute Gasteiger partial charge is 0.0987 e. The molecule has 0 bridgehead atoms. The maximum Gasteiger partial charge on any atom is 0.0987 e. The fourth-order valence-corrected chi connectivity index (χ4v) is 4.01. The molecule has 0 radical (unpaired) electrons. The summed E-state index contributed by atoms with van der Waals surface area (Å²) in [5.41, 5.74) is -1.13. The van der Waals surface area contributed by atoms with Crippen molar-refractivity contribution in [3.63, 3.8) is 0 Å². The zero-order valence-corrected chi connectivity index (χ0v) is 16.0. The van der Waals surface area contributed by atoms with Crippen LogP contribution in [0.15, 0.2) is 0 Å². The van der Waals surface area contributed by atoms with Crippen LogP contribution < -0.4 is 0 Å². The fourth-order valence-electron chi connectivity index (χ4n) is 4.01. The van der Waals surface area contributed by atoms with E-state index in [1.165, 1.54) is 0 Å². The van der Waals surface area contributed by atoms with Gasteiger partial charge in [-0.1, -0.05) is 41.5 Å². The molecule has 6 atom stereocenters. The predicted octanol–water partition coefficient (Wildman–Crippen LogP) is 4.99. The molecule has 0 spiro atoms. The topological polar surface area (TPSA) is 88.4 Å². The van der Waals surface area contributed by atoms with E-state index in [-0.39, 0.29) is 16.2 Å². The highest BCUT2D eigenvalue weighted by Crippen LogP contribution is 2.51. The molecular formula is C18H36O6. The van der Waals surface area contributed by atoms with Crippen LogP contribution in [0.3, 0.4) is 0 Å². The minimum atomic E-state index is -0.443. The molecular weight excluding hydrogens is 312 g/mol. The Balaban J connectivity index is 3.45. The maximum atomic E-state index is 9.59. The zero-order chi connectivity index (χ0) is 18.6. The number of hydrogen-bond acceptors (Lipinski definition) is 6. The first-order valence-corrected chi connectivity index (χ1v) is 9.09. The number of rotatable bonds is 6. The molecule has 0 aromatic carbocycles. The van der Waals surface area contributed by atoms with Gasteiger partial charge in [-0.2, -0.15) is 0 Å². The van der Waals surface area contributed by atoms with Crippen LogP contribution >= 0.6 is 0 Å². The van der Waals surface area contributed by atoms with Gasteiger partial charge in [0.1, 0.15) is 0 Å². The Morgan fingerprint density at radius 1 is 0.625 bits per heavy atom. The van der Waals surface area contributed by atoms with Crippen molar-refractivity contribution in [2.75, 3.05) is 0 Å². The van der Waals surface area contributed by atoms with E-state index in [4.69, 9.17) is 14.7 Å². The summed E-state index contributed by atoms with van der Waals surface area (Å²) in [5, 5.41) is 28.8. The summed E-state index contributed by atoms with van der Waals surface area (Å²) in [5.74, 6) is 0. The third-order valence-corrected chi connectivity index (χ3v) is 7.09. The third-order valence-electron chi connectivity index (χ3n) is 7.09. The average Bonchev–Trinajstić information content (AvgIpc) is 2.63. The Bertz CT molecular complexity index is 335. The lowest BCUT2D eigenvalue weighted by molar-refractivity contribution is -0.330. The van der Waals surface area contributed by atoms with Gasteiger partial charge in [-0.15, -0.1) is 0 Å². The van der Waals surface area contributed by atoms with Crippen LogP contribution in [0.25, 0.3) is 0 Å². The largest absolute Gasteiger partial charge is 0.252 e. The van der Waals surface area contributed by atoms with E-state index in [1.54, 1.807) is 0 Å². The van der Waals surface area contributed by atoms with Crippen LogP contribution in [0, 0.1) is 16.2 Å². The van der Waals surface area contributed by atoms with Crippen molar-refractivity contribution >= 4 is 0 Å². The molecule has 6 nitrogen and oxygen atoms in total. The molecule has 1 fully saturated rings. The second-order valence-electron chi connectivity index (χ2n) is 8.42. The van der Waals surface area contributed by atoms with Gasteiger partial charge < -0.3 is 0 Å². The van der Waals surface area contributed by atoms with E-state index in [1.807, 2.05) is 41.5 Å². The van der Waals surface area contributed by atoms with Gasteiger partial charge in [0.05, 0.1) is 18.3 Å². The van der Waals surface area contributed by atoms with Gasteiger partial charge in [0.2, 0.25) is 0 Å². The first-order valence-electron chi connectivity index (χ1n) is 9.09. The highest BCUT2D eigenvalue weighted by molar-refractivity contribution is 4.99. The molecule has 1 aliphatic carbocycles. The van der Waals surface area contributed by atoms with Gasteiger partial charge in [0.25, 0.3) is 0 Å². The van der Waals surface area contributed by atoms with Crippen LogP contribution in [0.2, 0.25) is 0 Å². The summed E-state index contributed by atoms with van der Waals surface area (Å²) < 4.78 is 0. The van der Waals surface area contributed by atoms with Gasteiger partial charge >= 0.3 is 0 Å². The third kappa shape index (κ3) is 4.11. The summed E-state index contributed by atoms with van der Waals surface area (Å²) in [6, 6.07) is 0. The zero-order valence-electron chi connectivity index (χ0n) is 16.0. The summed E-state index contributed by atoms with van der Waals surface area (Å²) in [6.45, 7) is 12.3. The van der Waals surface area contributed by atoms with Crippen molar-refractivity contribution in [3.8, 4) is 0 Å². The Morgan fingerprint density at radius 2 is 0.833 bits per heavy atom. The van der Waals surface area contributed by atoms with Crippen molar-refractivity contribution in [1.29, 1.82) is 0 Å². The lowest BCUT2D eigenvalue weighted by atomic mass is 9.69. The monoisotopic (exact) mass is 348 g/mol. The number of hydrogen-bond donors (Lipinski definition) is 3. The van der Waals surface area contributed by atoms with Gasteiger partial charge in [0, 0.05) is 0 Å². The molecule has 0 saturated heterocycles. The predicted molar refractivity (Wildman–Crippen MR) is 91.6 cm³/mol. The van der Waals surface area contributed by atoms with E-state index >= 15 is 0 Å². The van der Waals surface area contributed by atoms with E-state index in [9.17, 15) is 15.8 Å². The van der Waals surface area contributed by atoms with Crippen LogP contribution in [-0.2, 0) is 14.7 Å². The van der Waals surface area contributed by atoms with E-state index in [2.05, 4.69) is 0 Å². The normalized spacial score (nSPS) is 44.6. The molecule has 1 saturated carbocycles.